The van der Waals surface area contributed by atoms with Crippen LogP contribution < -0.4 is 15.2 Å². The number of anilines is 1. The van der Waals surface area contributed by atoms with Crippen molar-refractivity contribution in [2.75, 3.05) is 12.4 Å². The molecule has 0 heterocycles. The second kappa shape index (κ2) is 7.88. The van der Waals surface area contributed by atoms with Crippen LogP contribution in [-0.2, 0) is 14.8 Å². The minimum Gasteiger partial charge on any atom is -0.495 e. The highest BCUT2D eigenvalue weighted by Crippen LogP contribution is 2.28. The van der Waals surface area contributed by atoms with E-state index in [1.54, 1.807) is 18.2 Å². The number of benzene rings is 2. The van der Waals surface area contributed by atoms with Gasteiger partial charge < -0.3 is 10.1 Å². The van der Waals surface area contributed by atoms with E-state index in [0.717, 1.165) is 0 Å². The lowest BCUT2D eigenvalue weighted by Crippen LogP contribution is -2.14. The van der Waals surface area contributed by atoms with E-state index in [2.05, 4.69) is 5.32 Å². The van der Waals surface area contributed by atoms with E-state index in [-0.39, 0.29) is 16.3 Å². The molecule has 132 valence electrons. The highest BCUT2D eigenvalue weighted by atomic mass is 35.5. The Morgan fingerprint density at radius 2 is 1.84 bits per heavy atom. The number of carbonyl (C=O) groups excluding carboxylic acids is 1. The maximum absolute atomic E-state index is 12.1. The molecule has 1 amide bonds. The van der Waals surface area contributed by atoms with Gasteiger partial charge in [0, 0.05) is 21.7 Å². The van der Waals surface area contributed by atoms with Crippen molar-refractivity contribution in [1.82, 2.24) is 0 Å². The van der Waals surface area contributed by atoms with Gasteiger partial charge in [0.15, 0.2) is 0 Å². The molecule has 2 aromatic carbocycles. The van der Waals surface area contributed by atoms with Crippen molar-refractivity contribution in [3.8, 4) is 5.75 Å². The number of hydrogen-bond donors (Lipinski definition) is 2. The van der Waals surface area contributed by atoms with E-state index in [1.165, 1.54) is 37.5 Å². The van der Waals surface area contributed by atoms with E-state index in [0.29, 0.717) is 15.6 Å². The molecule has 0 aliphatic carbocycles. The molecule has 0 fully saturated rings. The van der Waals surface area contributed by atoms with Crippen LogP contribution in [-0.4, -0.2) is 21.4 Å². The largest absolute Gasteiger partial charge is 0.495 e. The lowest BCUT2D eigenvalue weighted by Gasteiger charge is -2.10. The van der Waals surface area contributed by atoms with Gasteiger partial charge in [-0.05, 0) is 36.4 Å². The minimum atomic E-state index is -3.91. The molecule has 0 bridgehead atoms. The van der Waals surface area contributed by atoms with Crippen molar-refractivity contribution < 1.29 is 17.9 Å². The molecule has 9 heteroatoms. The number of halogens is 2. The topological polar surface area (TPSA) is 98.5 Å². The van der Waals surface area contributed by atoms with E-state index in [9.17, 15) is 13.2 Å². The summed E-state index contributed by atoms with van der Waals surface area (Å²) in [5.74, 6) is -0.245. The Morgan fingerprint density at radius 1 is 1.20 bits per heavy atom. The zero-order valence-electron chi connectivity index (χ0n) is 13.0. The molecule has 0 aromatic heterocycles. The van der Waals surface area contributed by atoms with Gasteiger partial charge in [-0.3, -0.25) is 4.79 Å². The summed E-state index contributed by atoms with van der Waals surface area (Å²) in [6.07, 6.45) is 2.67. The fraction of sp³-hybridized carbons (Fsp3) is 0.0625. The highest BCUT2D eigenvalue weighted by Gasteiger charge is 2.13. The maximum atomic E-state index is 12.1. The average Bonchev–Trinajstić information content (AvgIpc) is 2.53. The Hall–Kier alpha value is -2.06. The number of amides is 1. The lowest BCUT2D eigenvalue weighted by atomic mass is 10.2. The maximum Gasteiger partial charge on any atom is 0.248 e. The Labute approximate surface area is 155 Å². The first-order valence-corrected chi connectivity index (χ1v) is 9.16. The van der Waals surface area contributed by atoms with Crippen molar-refractivity contribution in [2.24, 2.45) is 5.14 Å². The fourth-order valence-electron chi connectivity index (χ4n) is 1.97. The zero-order valence-corrected chi connectivity index (χ0v) is 15.3. The van der Waals surface area contributed by atoms with Crippen molar-refractivity contribution >= 4 is 50.9 Å². The van der Waals surface area contributed by atoms with Crippen molar-refractivity contribution in [3.05, 3.63) is 58.1 Å². The molecule has 0 aliphatic rings. The monoisotopic (exact) mass is 400 g/mol. The van der Waals surface area contributed by atoms with Gasteiger partial charge in [-0.25, -0.2) is 13.6 Å². The Bertz CT molecular complexity index is 923. The zero-order chi connectivity index (χ0) is 18.6. The van der Waals surface area contributed by atoms with E-state index in [4.69, 9.17) is 33.1 Å². The van der Waals surface area contributed by atoms with Crippen molar-refractivity contribution in [3.63, 3.8) is 0 Å². The van der Waals surface area contributed by atoms with E-state index in [1.807, 2.05) is 0 Å². The minimum absolute atomic E-state index is 0.151. The van der Waals surface area contributed by atoms with Crippen LogP contribution in [0.2, 0.25) is 10.0 Å². The predicted octanol–water partition coefficient (Wildman–Crippen LogP) is 3.30. The number of methoxy groups -OCH3 is 1. The summed E-state index contributed by atoms with van der Waals surface area (Å²) < 4.78 is 28.0. The molecule has 6 nitrogen and oxygen atoms in total. The van der Waals surface area contributed by atoms with Gasteiger partial charge in [-0.1, -0.05) is 29.3 Å². The normalized spacial score (nSPS) is 11.5. The van der Waals surface area contributed by atoms with Gasteiger partial charge in [0.2, 0.25) is 15.9 Å². The van der Waals surface area contributed by atoms with Gasteiger partial charge >= 0.3 is 0 Å². The molecule has 2 rings (SSSR count). The lowest BCUT2D eigenvalue weighted by molar-refractivity contribution is -0.111. The molecule has 0 spiro atoms. The van der Waals surface area contributed by atoms with Crippen LogP contribution >= 0.6 is 23.2 Å². The van der Waals surface area contributed by atoms with Gasteiger partial charge in [0.25, 0.3) is 0 Å². The quantitative estimate of drug-likeness (QED) is 0.751. The van der Waals surface area contributed by atoms with Gasteiger partial charge in [-0.2, -0.15) is 0 Å². The number of nitrogens with two attached hydrogens (primary N) is 1. The van der Waals surface area contributed by atoms with Crippen LogP contribution in [0.3, 0.4) is 0 Å². The van der Waals surface area contributed by atoms with E-state index < -0.39 is 15.9 Å². The first-order valence-electron chi connectivity index (χ1n) is 6.86. The molecule has 0 unspecified atom stereocenters. The number of sulfonamides is 1. The molecule has 2 aromatic rings. The second-order valence-electron chi connectivity index (χ2n) is 4.87. The number of carbonyl (C=O) groups is 1. The molecular weight excluding hydrogens is 387 g/mol. The van der Waals surface area contributed by atoms with Crippen molar-refractivity contribution in [2.45, 2.75) is 4.90 Å². The Kier molecular flexibility index (Phi) is 6.07. The number of nitrogens with one attached hydrogen (secondary N) is 1. The molecular formula is C16H14Cl2N2O4S. The summed E-state index contributed by atoms with van der Waals surface area (Å²) >= 11 is 12.0. The molecule has 25 heavy (non-hydrogen) atoms. The Balaban J connectivity index is 2.27. The van der Waals surface area contributed by atoms with E-state index >= 15 is 0 Å². The molecule has 0 atom stereocenters. The summed E-state index contributed by atoms with van der Waals surface area (Å²) in [5, 5.41) is 8.41. The third kappa shape index (κ3) is 4.96. The SMILES string of the molecule is COc1ccc(S(N)(=O)=O)cc1NC(=O)/C=C/c1c(Cl)cccc1Cl. The van der Waals surface area contributed by atoms with Gasteiger partial charge in [-0.15, -0.1) is 0 Å². The van der Waals surface area contributed by atoms with Crippen molar-refractivity contribution in [1.29, 1.82) is 0 Å². The molecule has 0 saturated carbocycles. The second-order valence-corrected chi connectivity index (χ2v) is 7.24. The first-order chi connectivity index (χ1) is 11.7. The molecule has 0 aliphatic heterocycles. The molecule has 3 N–H and O–H groups in total. The third-order valence-electron chi connectivity index (χ3n) is 3.16. The van der Waals surface area contributed by atoms with Gasteiger partial charge in [0.05, 0.1) is 17.7 Å². The fourth-order valence-corrected chi connectivity index (χ4v) is 3.03. The Morgan fingerprint density at radius 3 is 2.40 bits per heavy atom. The highest BCUT2D eigenvalue weighted by molar-refractivity contribution is 7.89. The third-order valence-corrected chi connectivity index (χ3v) is 4.73. The number of hydrogen-bond acceptors (Lipinski definition) is 4. The van der Waals surface area contributed by atoms with Crippen LogP contribution in [0.5, 0.6) is 5.75 Å². The molecule has 0 radical (unpaired) electrons. The summed E-state index contributed by atoms with van der Waals surface area (Å²) in [6, 6.07) is 8.86. The van der Waals surface area contributed by atoms with Crippen LogP contribution in [0.25, 0.3) is 6.08 Å². The summed E-state index contributed by atoms with van der Waals surface area (Å²) in [5.41, 5.74) is 0.653. The smallest absolute Gasteiger partial charge is 0.248 e. The van der Waals surface area contributed by atoms with Crippen LogP contribution in [0.15, 0.2) is 47.4 Å². The molecule has 0 saturated heterocycles. The number of ether oxygens (including phenoxy) is 1. The summed E-state index contributed by atoms with van der Waals surface area (Å²) in [6.45, 7) is 0. The first kappa shape index (κ1) is 19.3. The average molecular weight is 401 g/mol. The number of rotatable bonds is 5. The summed E-state index contributed by atoms with van der Waals surface area (Å²) in [4.78, 5) is 12.0. The number of primary sulfonamides is 1. The van der Waals surface area contributed by atoms with Crippen LogP contribution in [0, 0.1) is 0 Å². The van der Waals surface area contributed by atoms with Crippen LogP contribution in [0.4, 0.5) is 5.69 Å². The standard InChI is InChI=1S/C16H14Cl2N2O4S/c1-24-15-7-5-10(25(19,22)23)9-14(15)20-16(21)8-6-11-12(17)3-2-4-13(11)18/h2-9H,1H3,(H,20,21)(H2,19,22,23)/b8-6+. The van der Waals surface area contributed by atoms with Gasteiger partial charge in [0.1, 0.15) is 5.75 Å². The van der Waals surface area contributed by atoms with Crippen LogP contribution in [0.1, 0.15) is 5.56 Å². The summed E-state index contributed by atoms with van der Waals surface area (Å²) in [7, 11) is -2.52. The predicted molar refractivity (Wildman–Crippen MR) is 98.5 cm³/mol.